The lowest BCUT2D eigenvalue weighted by Gasteiger charge is -2.19. The summed E-state index contributed by atoms with van der Waals surface area (Å²) in [6.07, 6.45) is 9.52. The molecule has 0 amide bonds. The molecule has 0 aromatic rings. The minimum absolute atomic E-state index is 0.334. The summed E-state index contributed by atoms with van der Waals surface area (Å²) in [4.78, 5) is 10.8. The van der Waals surface area contributed by atoms with Crippen LogP contribution in [0.25, 0.3) is 0 Å². The van der Waals surface area contributed by atoms with E-state index >= 15 is 0 Å². The van der Waals surface area contributed by atoms with E-state index in [0.29, 0.717) is 18.8 Å². The van der Waals surface area contributed by atoms with E-state index in [1.165, 1.54) is 38.2 Å². The summed E-state index contributed by atoms with van der Waals surface area (Å²) < 4.78 is 10.6. The number of carbonyl (C=O) groups is 1. The topological polar surface area (TPSA) is 38.8 Å². The molecule has 2 fully saturated rings. The Labute approximate surface area is 96.8 Å². The van der Waals surface area contributed by atoms with E-state index in [1.54, 1.807) is 0 Å². The molecule has 0 aromatic heterocycles. The first-order valence-electron chi connectivity index (χ1n) is 6.26. The van der Waals surface area contributed by atoms with Crippen molar-refractivity contribution in [1.29, 1.82) is 0 Å². The molecule has 2 aliphatic rings. The fourth-order valence-electron chi connectivity index (χ4n) is 2.60. The van der Waals surface area contributed by atoms with Crippen LogP contribution in [0.4, 0.5) is 0 Å². The zero-order valence-electron chi connectivity index (χ0n) is 9.69. The molecule has 0 radical (unpaired) electrons. The molecule has 0 N–H and O–H groups in total. The van der Waals surface area contributed by atoms with Crippen LogP contribution in [0.2, 0.25) is 0 Å². The molecule has 1 saturated carbocycles. The molecule has 1 aliphatic carbocycles. The van der Waals surface area contributed by atoms with E-state index in [1.807, 2.05) is 0 Å². The molecule has 90 valence electrons. The zero-order chi connectivity index (χ0) is 11.4. The predicted molar refractivity (Wildman–Crippen MR) is 61.0 cm³/mol. The van der Waals surface area contributed by atoms with Crippen LogP contribution in [0.1, 0.15) is 38.5 Å². The highest BCUT2D eigenvalue weighted by molar-refractivity contribution is 5.81. The predicted octanol–water partition coefficient (Wildman–Crippen LogP) is 2.45. The summed E-state index contributed by atoms with van der Waals surface area (Å²) in [7, 11) is 0. The van der Waals surface area contributed by atoms with E-state index in [4.69, 9.17) is 9.47 Å². The Morgan fingerprint density at radius 2 is 2.12 bits per heavy atom. The third-order valence-corrected chi connectivity index (χ3v) is 3.55. The lowest BCUT2D eigenvalue weighted by molar-refractivity contribution is -0.137. The van der Waals surface area contributed by atoms with E-state index in [9.17, 15) is 4.79 Å². The van der Waals surface area contributed by atoms with Crippen molar-refractivity contribution in [3.63, 3.8) is 0 Å². The average molecular weight is 224 g/mol. The number of esters is 1. The highest BCUT2D eigenvalue weighted by Crippen LogP contribution is 2.39. The molecule has 16 heavy (non-hydrogen) atoms. The van der Waals surface area contributed by atoms with Gasteiger partial charge < -0.3 is 9.47 Å². The van der Waals surface area contributed by atoms with Crippen molar-refractivity contribution in [2.75, 3.05) is 6.61 Å². The number of ether oxygens (including phenoxy) is 2. The Hall–Kier alpha value is -0.830. The molecule has 0 bridgehead atoms. The van der Waals surface area contributed by atoms with Crippen molar-refractivity contribution >= 4 is 5.97 Å². The van der Waals surface area contributed by atoms with E-state index in [0.717, 1.165) is 12.3 Å². The van der Waals surface area contributed by atoms with Gasteiger partial charge in [0, 0.05) is 12.5 Å². The summed E-state index contributed by atoms with van der Waals surface area (Å²) in [5.74, 6) is 0.420. The van der Waals surface area contributed by atoms with Crippen LogP contribution < -0.4 is 0 Å². The first kappa shape index (κ1) is 11.6. The van der Waals surface area contributed by atoms with Gasteiger partial charge in [-0.1, -0.05) is 25.8 Å². The summed E-state index contributed by atoms with van der Waals surface area (Å²) in [5.41, 5.74) is 0. The monoisotopic (exact) mass is 224 g/mol. The summed E-state index contributed by atoms with van der Waals surface area (Å²) in [6, 6.07) is 0. The van der Waals surface area contributed by atoms with Gasteiger partial charge in [-0.2, -0.15) is 0 Å². The SMILES string of the molecule is C=CC(=O)OCCC1OC1C1CCCCC1. The average Bonchev–Trinajstić information content (AvgIpc) is 3.09. The fraction of sp³-hybridized carbons (Fsp3) is 0.769. The Morgan fingerprint density at radius 1 is 1.38 bits per heavy atom. The molecule has 1 heterocycles. The molecule has 0 spiro atoms. The minimum Gasteiger partial charge on any atom is -0.462 e. The maximum absolute atomic E-state index is 10.8. The van der Waals surface area contributed by atoms with Crippen LogP contribution in [0.5, 0.6) is 0 Å². The second kappa shape index (κ2) is 5.48. The van der Waals surface area contributed by atoms with Crippen molar-refractivity contribution in [2.24, 2.45) is 5.92 Å². The zero-order valence-corrected chi connectivity index (χ0v) is 9.69. The fourth-order valence-corrected chi connectivity index (χ4v) is 2.60. The number of carbonyl (C=O) groups excluding carboxylic acids is 1. The van der Waals surface area contributed by atoms with Crippen LogP contribution >= 0.6 is 0 Å². The van der Waals surface area contributed by atoms with Gasteiger partial charge in [0.25, 0.3) is 0 Å². The van der Waals surface area contributed by atoms with Gasteiger partial charge in [0.15, 0.2) is 0 Å². The Bertz CT molecular complexity index is 256. The van der Waals surface area contributed by atoms with Gasteiger partial charge in [-0.15, -0.1) is 0 Å². The Balaban J connectivity index is 1.59. The normalized spacial score (nSPS) is 29.8. The first-order valence-corrected chi connectivity index (χ1v) is 6.26. The third-order valence-electron chi connectivity index (χ3n) is 3.55. The van der Waals surface area contributed by atoms with E-state index < -0.39 is 0 Å². The Kier molecular flexibility index (Phi) is 3.99. The smallest absolute Gasteiger partial charge is 0.330 e. The lowest BCUT2D eigenvalue weighted by Crippen LogP contribution is -2.15. The van der Waals surface area contributed by atoms with Crippen molar-refractivity contribution in [2.45, 2.75) is 50.7 Å². The molecule has 3 nitrogen and oxygen atoms in total. The standard InChI is InChI=1S/C13H20O3/c1-2-12(14)15-9-8-11-13(16-11)10-6-4-3-5-7-10/h2,10-11,13H,1,3-9H2. The quantitative estimate of drug-likeness (QED) is 0.409. The molecule has 2 unspecified atom stereocenters. The highest BCUT2D eigenvalue weighted by Gasteiger charge is 2.44. The molecule has 1 saturated heterocycles. The molecule has 0 aromatic carbocycles. The summed E-state index contributed by atoms with van der Waals surface area (Å²) >= 11 is 0. The van der Waals surface area contributed by atoms with Crippen LogP contribution in [0.3, 0.4) is 0 Å². The van der Waals surface area contributed by atoms with Crippen LogP contribution in [-0.4, -0.2) is 24.8 Å². The van der Waals surface area contributed by atoms with Crippen molar-refractivity contribution in [1.82, 2.24) is 0 Å². The molecular weight excluding hydrogens is 204 g/mol. The molecule has 1 aliphatic heterocycles. The van der Waals surface area contributed by atoms with Gasteiger partial charge in [0.2, 0.25) is 0 Å². The van der Waals surface area contributed by atoms with Crippen LogP contribution in [-0.2, 0) is 14.3 Å². The minimum atomic E-state index is -0.338. The van der Waals surface area contributed by atoms with Gasteiger partial charge in [0.05, 0.1) is 18.8 Å². The van der Waals surface area contributed by atoms with Gasteiger partial charge in [-0.3, -0.25) is 0 Å². The number of hydrogen-bond donors (Lipinski definition) is 0. The maximum atomic E-state index is 10.8. The van der Waals surface area contributed by atoms with Crippen molar-refractivity contribution in [3.05, 3.63) is 12.7 Å². The van der Waals surface area contributed by atoms with Crippen molar-refractivity contribution in [3.8, 4) is 0 Å². The van der Waals surface area contributed by atoms with Crippen LogP contribution in [0, 0.1) is 5.92 Å². The molecule has 3 heteroatoms. The molecule has 2 atom stereocenters. The second-order valence-electron chi connectivity index (χ2n) is 4.70. The Morgan fingerprint density at radius 3 is 2.81 bits per heavy atom. The maximum Gasteiger partial charge on any atom is 0.330 e. The van der Waals surface area contributed by atoms with Gasteiger partial charge in [-0.05, 0) is 18.8 Å². The second-order valence-corrected chi connectivity index (χ2v) is 4.70. The van der Waals surface area contributed by atoms with Crippen molar-refractivity contribution < 1.29 is 14.3 Å². The first-order chi connectivity index (χ1) is 7.81. The molecular formula is C13H20O3. The number of hydrogen-bond acceptors (Lipinski definition) is 3. The number of epoxide rings is 1. The summed E-state index contributed by atoms with van der Waals surface area (Å²) in [6.45, 7) is 3.81. The summed E-state index contributed by atoms with van der Waals surface area (Å²) in [5, 5.41) is 0. The van der Waals surface area contributed by atoms with E-state index in [-0.39, 0.29) is 5.97 Å². The van der Waals surface area contributed by atoms with Crippen LogP contribution in [0.15, 0.2) is 12.7 Å². The van der Waals surface area contributed by atoms with Gasteiger partial charge >= 0.3 is 5.97 Å². The number of rotatable bonds is 5. The van der Waals surface area contributed by atoms with Gasteiger partial charge in [-0.25, -0.2) is 4.79 Å². The third kappa shape index (κ3) is 3.08. The van der Waals surface area contributed by atoms with E-state index in [2.05, 4.69) is 6.58 Å². The van der Waals surface area contributed by atoms with Gasteiger partial charge in [0.1, 0.15) is 0 Å². The largest absolute Gasteiger partial charge is 0.462 e. The lowest BCUT2D eigenvalue weighted by atomic mass is 9.85. The highest BCUT2D eigenvalue weighted by atomic mass is 16.6. The molecule has 2 rings (SSSR count).